The van der Waals surface area contributed by atoms with Crippen molar-refractivity contribution in [2.24, 2.45) is 5.92 Å². The van der Waals surface area contributed by atoms with Crippen molar-refractivity contribution in [2.45, 2.75) is 25.3 Å². The number of rotatable bonds is 5. The minimum absolute atomic E-state index is 0.0222. The second-order valence-corrected chi connectivity index (χ2v) is 6.38. The van der Waals surface area contributed by atoms with E-state index in [2.05, 4.69) is 5.32 Å². The van der Waals surface area contributed by atoms with E-state index in [1.807, 2.05) is 40.5 Å². The van der Waals surface area contributed by atoms with E-state index in [-0.39, 0.29) is 11.8 Å². The van der Waals surface area contributed by atoms with E-state index in [4.69, 9.17) is 0 Å². The Morgan fingerprint density at radius 1 is 1.38 bits per heavy atom. The van der Waals surface area contributed by atoms with Gasteiger partial charge in [0, 0.05) is 12.4 Å². The highest BCUT2D eigenvalue weighted by Crippen LogP contribution is 2.40. The number of nitrogens with zero attached hydrogens (tertiary/aromatic N) is 1. The van der Waals surface area contributed by atoms with Crippen molar-refractivity contribution in [3.05, 3.63) is 40.8 Å². The quantitative estimate of drug-likeness (QED) is 0.891. The summed E-state index contributed by atoms with van der Waals surface area (Å²) in [5, 5.41) is 14.0. The fraction of sp³-hybridized carbons (Fsp3) is 0.333. The third-order valence-electron chi connectivity index (χ3n) is 3.94. The largest absolute Gasteiger partial charge is 0.480 e. The number of thiophene rings is 1. The van der Waals surface area contributed by atoms with Crippen LogP contribution in [0.15, 0.2) is 36.0 Å². The third-order valence-corrected chi connectivity index (χ3v) is 4.85. The molecule has 2 N–H and O–H groups in total. The molecule has 5 nitrogen and oxygen atoms in total. The lowest BCUT2D eigenvalue weighted by atomic mass is 9.96. The number of carbonyl (C=O) groups is 2. The molecule has 6 heteroatoms. The normalized spacial score (nSPS) is 17.2. The summed E-state index contributed by atoms with van der Waals surface area (Å²) in [6, 6.07) is 5.62. The first-order chi connectivity index (χ1) is 10.0. The molecule has 2 aromatic rings. The molecule has 0 saturated heterocycles. The van der Waals surface area contributed by atoms with Gasteiger partial charge < -0.3 is 15.0 Å². The maximum atomic E-state index is 12.5. The fourth-order valence-electron chi connectivity index (χ4n) is 2.45. The van der Waals surface area contributed by atoms with E-state index in [1.54, 1.807) is 6.92 Å². The van der Waals surface area contributed by atoms with Crippen molar-refractivity contribution in [3.8, 4) is 5.69 Å². The van der Waals surface area contributed by atoms with E-state index in [9.17, 15) is 14.7 Å². The molecule has 0 radical (unpaired) electrons. The molecule has 1 aliphatic carbocycles. The highest BCUT2D eigenvalue weighted by molar-refractivity contribution is 7.12. The van der Waals surface area contributed by atoms with E-state index < -0.39 is 11.5 Å². The van der Waals surface area contributed by atoms with Crippen molar-refractivity contribution < 1.29 is 14.7 Å². The van der Waals surface area contributed by atoms with Gasteiger partial charge in [-0.3, -0.25) is 4.79 Å². The Hall–Kier alpha value is -2.08. The molecule has 0 aliphatic heterocycles. The Balaban J connectivity index is 1.86. The zero-order chi connectivity index (χ0) is 15.0. The third kappa shape index (κ3) is 2.47. The Kier molecular flexibility index (Phi) is 3.33. The molecule has 1 aliphatic rings. The number of carboxylic acid groups (broad SMARTS) is 1. The van der Waals surface area contributed by atoms with Gasteiger partial charge in [-0.25, -0.2) is 4.79 Å². The number of amides is 1. The van der Waals surface area contributed by atoms with Crippen LogP contribution in [0.3, 0.4) is 0 Å². The Bertz CT molecular complexity index is 673. The first kappa shape index (κ1) is 13.9. The first-order valence-corrected chi connectivity index (χ1v) is 7.67. The van der Waals surface area contributed by atoms with Gasteiger partial charge >= 0.3 is 5.97 Å². The van der Waals surface area contributed by atoms with Gasteiger partial charge in [0.05, 0.1) is 5.69 Å². The molecule has 3 rings (SSSR count). The number of aliphatic carboxylic acids is 1. The summed E-state index contributed by atoms with van der Waals surface area (Å²) >= 11 is 1.31. The van der Waals surface area contributed by atoms with Gasteiger partial charge in [-0.1, -0.05) is 0 Å². The smallest absolute Gasteiger partial charge is 0.329 e. The number of nitrogens with one attached hydrogen (secondary N) is 1. The number of carboxylic acids is 1. The van der Waals surface area contributed by atoms with Crippen LogP contribution in [0, 0.1) is 5.92 Å². The standard InChI is InChI=1S/C15H16N2O3S/c1-15(14(19)20,10-4-5-10)16-13(18)12-11(6-9-21-12)17-7-2-3-8-17/h2-3,6-10H,4-5H2,1H3,(H,16,18)(H,19,20). The first-order valence-electron chi connectivity index (χ1n) is 6.79. The molecule has 1 unspecified atom stereocenters. The summed E-state index contributed by atoms with van der Waals surface area (Å²) in [6.07, 6.45) is 5.40. The van der Waals surface area contributed by atoms with E-state index in [0.717, 1.165) is 18.5 Å². The Labute approximate surface area is 126 Å². The molecule has 1 saturated carbocycles. The zero-order valence-corrected chi connectivity index (χ0v) is 12.4. The molecule has 2 aromatic heterocycles. The molecular weight excluding hydrogens is 288 g/mol. The van der Waals surface area contributed by atoms with Gasteiger partial charge in [-0.15, -0.1) is 11.3 Å². The number of carbonyl (C=O) groups excluding carboxylic acids is 1. The molecule has 2 heterocycles. The van der Waals surface area contributed by atoms with E-state index >= 15 is 0 Å². The van der Waals surface area contributed by atoms with Gasteiger partial charge in [-0.05, 0) is 49.3 Å². The summed E-state index contributed by atoms with van der Waals surface area (Å²) in [5.41, 5.74) is -0.416. The average molecular weight is 304 g/mol. The summed E-state index contributed by atoms with van der Waals surface area (Å²) in [7, 11) is 0. The lowest BCUT2D eigenvalue weighted by molar-refractivity contribution is -0.144. The van der Waals surface area contributed by atoms with E-state index in [1.165, 1.54) is 11.3 Å². The van der Waals surface area contributed by atoms with Crippen LogP contribution >= 0.6 is 11.3 Å². The van der Waals surface area contributed by atoms with Crippen molar-refractivity contribution in [1.82, 2.24) is 9.88 Å². The predicted molar refractivity (Wildman–Crippen MR) is 79.9 cm³/mol. The molecule has 0 aromatic carbocycles. The van der Waals surface area contributed by atoms with Gasteiger partial charge in [0.15, 0.2) is 0 Å². The predicted octanol–water partition coefficient (Wildman–Crippen LogP) is 2.52. The lowest BCUT2D eigenvalue weighted by Gasteiger charge is -2.26. The second kappa shape index (κ2) is 5.04. The maximum absolute atomic E-state index is 12.5. The molecule has 1 atom stereocenters. The molecular formula is C15H16N2O3S. The SMILES string of the molecule is CC(NC(=O)c1sccc1-n1cccc1)(C(=O)O)C1CC1. The van der Waals surface area contributed by atoms with Crippen LogP contribution in [0.1, 0.15) is 29.4 Å². The minimum Gasteiger partial charge on any atom is -0.480 e. The summed E-state index contributed by atoms with van der Waals surface area (Å²) in [6.45, 7) is 1.59. The highest BCUT2D eigenvalue weighted by atomic mass is 32.1. The monoisotopic (exact) mass is 304 g/mol. The number of hydrogen-bond acceptors (Lipinski definition) is 3. The topological polar surface area (TPSA) is 71.3 Å². The lowest BCUT2D eigenvalue weighted by Crippen LogP contribution is -2.54. The molecule has 21 heavy (non-hydrogen) atoms. The zero-order valence-electron chi connectivity index (χ0n) is 11.6. The average Bonchev–Trinajstić information content (AvgIpc) is 2.98. The van der Waals surface area contributed by atoms with Gasteiger partial charge in [0.25, 0.3) is 5.91 Å². The van der Waals surface area contributed by atoms with Crippen LogP contribution in [0.4, 0.5) is 0 Å². The van der Waals surface area contributed by atoms with Crippen LogP contribution in [0.5, 0.6) is 0 Å². The van der Waals surface area contributed by atoms with Crippen LogP contribution in [-0.2, 0) is 4.79 Å². The number of aromatic nitrogens is 1. The summed E-state index contributed by atoms with van der Waals surface area (Å²) < 4.78 is 1.85. The molecule has 1 fully saturated rings. The Morgan fingerprint density at radius 3 is 2.62 bits per heavy atom. The van der Waals surface area contributed by atoms with Crippen LogP contribution < -0.4 is 5.32 Å². The summed E-state index contributed by atoms with van der Waals surface area (Å²) in [4.78, 5) is 24.5. The van der Waals surface area contributed by atoms with Crippen molar-refractivity contribution in [2.75, 3.05) is 0 Å². The molecule has 110 valence electrons. The molecule has 0 bridgehead atoms. The van der Waals surface area contributed by atoms with Crippen LogP contribution in [0.2, 0.25) is 0 Å². The molecule has 0 spiro atoms. The van der Waals surface area contributed by atoms with Gasteiger partial charge in [0.1, 0.15) is 10.4 Å². The fourth-order valence-corrected chi connectivity index (χ4v) is 3.24. The second-order valence-electron chi connectivity index (χ2n) is 5.46. The number of hydrogen-bond donors (Lipinski definition) is 2. The Morgan fingerprint density at radius 2 is 2.05 bits per heavy atom. The summed E-state index contributed by atoms with van der Waals surface area (Å²) in [5.74, 6) is -1.28. The van der Waals surface area contributed by atoms with Gasteiger partial charge in [-0.2, -0.15) is 0 Å². The van der Waals surface area contributed by atoms with Gasteiger partial charge in [0.2, 0.25) is 0 Å². The van der Waals surface area contributed by atoms with Crippen molar-refractivity contribution in [1.29, 1.82) is 0 Å². The van der Waals surface area contributed by atoms with Crippen LogP contribution in [0.25, 0.3) is 5.69 Å². The minimum atomic E-state index is -1.19. The van der Waals surface area contributed by atoms with Crippen LogP contribution in [-0.4, -0.2) is 27.1 Å². The maximum Gasteiger partial charge on any atom is 0.329 e. The highest BCUT2D eigenvalue weighted by Gasteiger charge is 2.48. The molecule has 1 amide bonds. The van der Waals surface area contributed by atoms with Crippen molar-refractivity contribution in [3.63, 3.8) is 0 Å². The van der Waals surface area contributed by atoms with E-state index in [0.29, 0.717) is 4.88 Å². The van der Waals surface area contributed by atoms with Crippen molar-refractivity contribution >= 4 is 23.2 Å².